The molecule has 0 aliphatic rings. The molecular weight excluding hydrogens is 109 g/mol. The van der Waals surface area contributed by atoms with Crippen molar-refractivity contribution >= 4 is 18.9 Å². The molecule has 28 valence electrons. The fraction of sp³-hybridized carbons (Fsp3) is 0. The minimum atomic E-state index is 0. The molecule has 0 fully saturated rings. The zero-order chi connectivity index (χ0) is 2.71. The maximum atomic E-state index is 8.12. The van der Waals surface area contributed by atoms with Crippen LogP contribution < -0.4 is 5.34 Å². The summed E-state index contributed by atoms with van der Waals surface area (Å²) in [6.45, 7) is 0. The second kappa shape index (κ2) is 24.3. The normalized spacial score (nSPS) is 2.40. The SMILES string of the molecule is O=[NH+][O-].[Fe].[LiH]. The van der Waals surface area contributed by atoms with Crippen LogP contribution in [0.25, 0.3) is 0 Å². The third-order valence-electron chi connectivity index (χ3n) is 0. The molecule has 0 bridgehead atoms. The molecule has 0 atom stereocenters. The van der Waals surface area contributed by atoms with Gasteiger partial charge in [-0.1, -0.05) is 0 Å². The van der Waals surface area contributed by atoms with Gasteiger partial charge >= 0.3 is 18.9 Å². The van der Waals surface area contributed by atoms with E-state index in [0.29, 0.717) is 0 Å². The molecule has 0 unspecified atom stereocenters. The fourth-order valence-electron chi connectivity index (χ4n) is 0. The van der Waals surface area contributed by atoms with Crippen molar-refractivity contribution in [2.75, 3.05) is 0 Å². The van der Waals surface area contributed by atoms with Crippen molar-refractivity contribution < 1.29 is 22.4 Å². The number of rotatable bonds is 0. The molecule has 0 aromatic carbocycles. The van der Waals surface area contributed by atoms with E-state index in [1.807, 2.05) is 0 Å². The Morgan fingerprint density at radius 2 is 1.60 bits per heavy atom. The Labute approximate surface area is 51.7 Å². The number of nitrogens with one attached hydrogen (secondary N) is 1. The molecule has 0 aromatic heterocycles. The van der Waals surface area contributed by atoms with Crippen molar-refractivity contribution in [3.8, 4) is 0 Å². The van der Waals surface area contributed by atoms with Crippen molar-refractivity contribution in [3.05, 3.63) is 10.1 Å². The molecule has 0 aliphatic heterocycles. The molecule has 0 spiro atoms. The molecule has 0 heterocycles. The summed E-state index contributed by atoms with van der Waals surface area (Å²) in [5.74, 6) is 0. The fourth-order valence-corrected chi connectivity index (χ4v) is 0. The molecule has 0 rings (SSSR count). The molecule has 0 saturated heterocycles. The van der Waals surface area contributed by atoms with Gasteiger partial charge in [-0.25, -0.2) is 0 Å². The Kier molecular flexibility index (Phi) is 86.3. The third kappa shape index (κ3) is 107. The van der Waals surface area contributed by atoms with E-state index >= 15 is 0 Å². The minimum absolute atomic E-state index is 0. The van der Waals surface area contributed by atoms with Gasteiger partial charge in [0.1, 0.15) is 0 Å². The van der Waals surface area contributed by atoms with Crippen molar-refractivity contribution in [2.45, 2.75) is 0 Å². The zero-order valence-corrected chi connectivity index (χ0v) is 2.77. The molecule has 0 aromatic rings. The Bertz CT molecular complexity index is 17.1. The summed E-state index contributed by atoms with van der Waals surface area (Å²) >= 11 is 0. The van der Waals surface area contributed by atoms with Crippen LogP contribution in [0.15, 0.2) is 0 Å². The molecule has 0 radical (unpaired) electrons. The van der Waals surface area contributed by atoms with Crippen LogP contribution in [0.4, 0.5) is 0 Å². The van der Waals surface area contributed by atoms with Gasteiger partial charge in [0, 0.05) is 22.4 Å². The summed E-state index contributed by atoms with van der Waals surface area (Å²) in [6, 6.07) is 0. The standard InChI is InChI=1S/Fe.Li.HNO2.H/c;;2-1-3;/h;;1H;. The van der Waals surface area contributed by atoms with Crippen molar-refractivity contribution in [3.63, 3.8) is 0 Å². The summed E-state index contributed by atoms with van der Waals surface area (Å²) in [5.41, 5.74) is 0. The monoisotopic (exact) mass is 111 g/mol. The Balaban J connectivity index is -0.0000000200. The van der Waals surface area contributed by atoms with Gasteiger partial charge < -0.3 is 0 Å². The number of hydrogen-bond acceptors (Lipinski definition) is 2. The van der Waals surface area contributed by atoms with Crippen LogP contribution >= 0.6 is 0 Å². The van der Waals surface area contributed by atoms with E-state index in [-0.39, 0.29) is 41.3 Å². The Morgan fingerprint density at radius 3 is 1.60 bits per heavy atom. The molecule has 0 saturated carbocycles. The summed E-state index contributed by atoms with van der Waals surface area (Å²) in [7, 11) is 0. The Morgan fingerprint density at radius 1 is 1.60 bits per heavy atom. The van der Waals surface area contributed by atoms with Crippen molar-refractivity contribution in [2.24, 2.45) is 0 Å². The van der Waals surface area contributed by atoms with E-state index in [0.717, 1.165) is 0 Å². The van der Waals surface area contributed by atoms with Gasteiger partial charge in [-0.3, -0.25) is 10.1 Å². The van der Waals surface area contributed by atoms with Crippen LogP contribution in [0.5, 0.6) is 0 Å². The van der Waals surface area contributed by atoms with E-state index in [2.05, 4.69) is 0 Å². The van der Waals surface area contributed by atoms with Crippen LogP contribution in [-0.2, 0) is 17.1 Å². The molecule has 0 aliphatic carbocycles. The average Bonchev–Trinajstić information content (AvgIpc) is 0.918. The predicted octanol–water partition coefficient (Wildman–Crippen LogP) is -2.32. The van der Waals surface area contributed by atoms with Gasteiger partial charge in [0.05, 0.1) is 0 Å². The van der Waals surface area contributed by atoms with Gasteiger partial charge in [-0.2, -0.15) is 0 Å². The first-order chi connectivity index (χ1) is 1.41. The first-order valence-corrected chi connectivity index (χ1v) is 0.408. The molecule has 1 N–H and O–H groups in total. The molecule has 5 heteroatoms. The van der Waals surface area contributed by atoms with Crippen LogP contribution in [0.1, 0.15) is 0 Å². The summed E-state index contributed by atoms with van der Waals surface area (Å²) in [4.78, 5) is 8.12. The van der Waals surface area contributed by atoms with E-state index in [1.54, 1.807) is 0 Å². The van der Waals surface area contributed by atoms with E-state index < -0.39 is 0 Å². The van der Waals surface area contributed by atoms with E-state index in [9.17, 15) is 0 Å². The van der Waals surface area contributed by atoms with Crippen LogP contribution in [0.3, 0.4) is 0 Å². The quantitative estimate of drug-likeness (QED) is 0.216. The van der Waals surface area contributed by atoms with Crippen LogP contribution in [0, 0.1) is 10.1 Å². The topological polar surface area (TPSA) is 54.1 Å². The van der Waals surface area contributed by atoms with Gasteiger partial charge in [0.15, 0.2) is 0 Å². The zero-order valence-electron chi connectivity index (χ0n) is 1.67. The summed E-state index contributed by atoms with van der Waals surface area (Å²) in [5, 5.41) is 8.38. The molecule has 0 amide bonds. The van der Waals surface area contributed by atoms with Crippen LogP contribution in [0.2, 0.25) is 0 Å². The van der Waals surface area contributed by atoms with Gasteiger partial charge in [0.2, 0.25) is 0 Å². The Hall–Kier alpha value is 0.517. The predicted molar refractivity (Wildman–Crippen MR) is 14.8 cm³/mol. The van der Waals surface area contributed by atoms with E-state index in [1.165, 1.54) is 0 Å². The first-order valence-electron chi connectivity index (χ1n) is 0.408. The molecular formula is H2FeLiNO2. The van der Waals surface area contributed by atoms with Gasteiger partial charge in [0.25, 0.3) is 0 Å². The van der Waals surface area contributed by atoms with Crippen LogP contribution in [-0.4, -0.2) is 18.9 Å². The molecule has 5 heavy (non-hydrogen) atoms. The maximum absolute atomic E-state index is 8.12. The second-order valence-electron chi connectivity index (χ2n) is 0.0833. The van der Waals surface area contributed by atoms with Gasteiger partial charge in [-0.05, 0) is 0 Å². The van der Waals surface area contributed by atoms with Gasteiger partial charge in [-0.15, -0.1) is 0 Å². The second-order valence-corrected chi connectivity index (χ2v) is 0.0833. The first kappa shape index (κ1) is 17.8. The van der Waals surface area contributed by atoms with Crippen molar-refractivity contribution in [1.82, 2.24) is 0 Å². The summed E-state index contributed by atoms with van der Waals surface area (Å²) < 4.78 is 0. The summed E-state index contributed by atoms with van der Waals surface area (Å²) in [6.07, 6.45) is 0. The average molecular weight is 111 g/mol. The van der Waals surface area contributed by atoms with E-state index in [4.69, 9.17) is 10.1 Å². The third-order valence-corrected chi connectivity index (χ3v) is 0. The van der Waals surface area contributed by atoms with Crippen molar-refractivity contribution in [1.29, 1.82) is 0 Å². The number of hydrogen-bond donors (Lipinski definition) is 1. The molecule has 3 nitrogen and oxygen atoms in total.